The Morgan fingerprint density at radius 2 is 2.00 bits per heavy atom. The molecule has 0 aliphatic carbocycles. The highest BCUT2D eigenvalue weighted by Gasteiger charge is 2.43. The summed E-state index contributed by atoms with van der Waals surface area (Å²) in [7, 11) is 0. The van der Waals surface area contributed by atoms with Gasteiger partial charge in [0.2, 0.25) is 5.91 Å². The van der Waals surface area contributed by atoms with Crippen LogP contribution in [0.25, 0.3) is 0 Å². The van der Waals surface area contributed by atoms with Crippen molar-refractivity contribution in [3.63, 3.8) is 0 Å². The number of carbonyl (C=O) groups is 2. The molecule has 1 amide bonds. The summed E-state index contributed by atoms with van der Waals surface area (Å²) in [6.45, 7) is 6.22. The average Bonchev–Trinajstić information content (AvgIpc) is 2.99. The summed E-state index contributed by atoms with van der Waals surface area (Å²) in [6, 6.07) is 9.39. The molecule has 1 fully saturated rings. The van der Waals surface area contributed by atoms with Crippen LogP contribution in [0.15, 0.2) is 30.3 Å². The number of benzene rings is 1. The van der Waals surface area contributed by atoms with E-state index in [4.69, 9.17) is 4.74 Å². The average molecular weight is 335 g/mol. The molecule has 1 heterocycles. The summed E-state index contributed by atoms with van der Waals surface area (Å²) in [4.78, 5) is 26.8. The number of unbranched alkanes of at least 4 members (excludes halogenated alkanes) is 1. The van der Waals surface area contributed by atoms with Gasteiger partial charge < -0.3 is 9.64 Å². The summed E-state index contributed by atoms with van der Waals surface area (Å²) in [5, 5.41) is -0.116. The first-order chi connectivity index (χ1) is 11.1. The summed E-state index contributed by atoms with van der Waals surface area (Å²) < 4.78 is 5.36. The number of amides is 1. The minimum absolute atomic E-state index is 0.00120. The zero-order chi connectivity index (χ0) is 16.8. The predicted molar refractivity (Wildman–Crippen MR) is 93.0 cm³/mol. The van der Waals surface area contributed by atoms with Gasteiger partial charge in [0.1, 0.15) is 11.4 Å². The summed E-state index contributed by atoms with van der Waals surface area (Å²) in [6.07, 6.45) is 1.83. The minimum Gasteiger partial charge on any atom is -0.464 e. The molecule has 1 aliphatic heterocycles. The van der Waals surface area contributed by atoms with Gasteiger partial charge in [0.25, 0.3) is 0 Å². The SMILES string of the molecule is CCCCOC(=O)[C@@H]1CS[C@@H](c2ccccc2)N1C(=O)C(C)C. The molecular formula is C18H25NO3S. The Morgan fingerprint density at radius 1 is 1.30 bits per heavy atom. The van der Waals surface area contributed by atoms with E-state index in [1.807, 2.05) is 44.2 Å². The lowest BCUT2D eigenvalue weighted by atomic mass is 10.1. The van der Waals surface area contributed by atoms with Crippen molar-refractivity contribution in [3.05, 3.63) is 35.9 Å². The third-order valence-electron chi connectivity index (χ3n) is 3.85. The standard InChI is InChI=1S/C18H25NO3S/c1-4-5-11-22-18(21)15-12-23-17(14-9-7-6-8-10-14)19(15)16(20)13(2)3/h6-10,13,15,17H,4-5,11-12H2,1-3H3/t15-,17-/m0/s1. The quantitative estimate of drug-likeness (QED) is 0.588. The van der Waals surface area contributed by atoms with Gasteiger partial charge in [-0.1, -0.05) is 57.5 Å². The Labute approximate surface area is 142 Å². The molecule has 4 nitrogen and oxygen atoms in total. The van der Waals surface area contributed by atoms with Crippen LogP contribution in [0.2, 0.25) is 0 Å². The van der Waals surface area contributed by atoms with Gasteiger partial charge in [0.05, 0.1) is 6.61 Å². The van der Waals surface area contributed by atoms with Gasteiger partial charge in [-0.05, 0) is 12.0 Å². The van der Waals surface area contributed by atoms with Gasteiger partial charge in [-0.2, -0.15) is 0 Å². The minimum atomic E-state index is -0.489. The Balaban J connectivity index is 2.19. The van der Waals surface area contributed by atoms with Gasteiger partial charge >= 0.3 is 5.97 Å². The van der Waals surface area contributed by atoms with Crippen molar-refractivity contribution in [3.8, 4) is 0 Å². The molecule has 0 spiro atoms. The van der Waals surface area contributed by atoms with E-state index in [0.717, 1.165) is 18.4 Å². The lowest BCUT2D eigenvalue weighted by Crippen LogP contribution is -2.45. The van der Waals surface area contributed by atoms with Crippen LogP contribution in [0, 0.1) is 5.92 Å². The van der Waals surface area contributed by atoms with Gasteiger partial charge in [-0.25, -0.2) is 4.79 Å². The maximum Gasteiger partial charge on any atom is 0.329 e. The van der Waals surface area contributed by atoms with Crippen LogP contribution in [0.4, 0.5) is 0 Å². The summed E-state index contributed by atoms with van der Waals surface area (Å²) >= 11 is 1.63. The predicted octanol–water partition coefficient (Wildman–Crippen LogP) is 3.63. The molecule has 0 radical (unpaired) electrons. The van der Waals surface area contributed by atoms with Crippen molar-refractivity contribution < 1.29 is 14.3 Å². The fourth-order valence-electron chi connectivity index (χ4n) is 2.54. The van der Waals surface area contributed by atoms with Gasteiger partial charge in [0, 0.05) is 11.7 Å². The smallest absolute Gasteiger partial charge is 0.329 e. The molecular weight excluding hydrogens is 310 g/mol. The highest BCUT2D eigenvalue weighted by atomic mass is 32.2. The maximum absolute atomic E-state index is 12.7. The Hall–Kier alpha value is -1.49. The monoisotopic (exact) mass is 335 g/mol. The van der Waals surface area contributed by atoms with Crippen molar-refractivity contribution in [1.29, 1.82) is 0 Å². The molecule has 5 heteroatoms. The molecule has 0 saturated carbocycles. The normalized spacial score (nSPS) is 20.8. The van der Waals surface area contributed by atoms with E-state index in [9.17, 15) is 9.59 Å². The molecule has 0 aromatic heterocycles. The van der Waals surface area contributed by atoms with Crippen LogP contribution in [0.5, 0.6) is 0 Å². The largest absolute Gasteiger partial charge is 0.464 e. The third-order valence-corrected chi connectivity index (χ3v) is 5.17. The Morgan fingerprint density at radius 3 is 2.61 bits per heavy atom. The van der Waals surface area contributed by atoms with Crippen LogP contribution in [-0.4, -0.2) is 35.2 Å². The van der Waals surface area contributed by atoms with Crippen LogP contribution in [0.1, 0.15) is 44.6 Å². The second kappa shape index (κ2) is 8.39. The first-order valence-corrected chi connectivity index (χ1v) is 9.26. The number of carbonyl (C=O) groups excluding carboxylic acids is 2. The van der Waals surface area contributed by atoms with E-state index in [0.29, 0.717) is 12.4 Å². The molecule has 126 valence electrons. The Kier molecular flexibility index (Phi) is 6.51. The number of nitrogens with zero attached hydrogens (tertiary/aromatic N) is 1. The molecule has 1 aliphatic rings. The first-order valence-electron chi connectivity index (χ1n) is 8.21. The zero-order valence-corrected chi connectivity index (χ0v) is 14.8. The van der Waals surface area contributed by atoms with Crippen LogP contribution in [-0.2, 0) is 14.3 Å². The highest BCUT2D eigenvalue weighted by molar-refractivity contribution is 7.99. The van der Waals surface area contributed by atoms with Crippen LogP contribution in [0.3, 0.4) is 0 Å². The first kappa shape index (κ1) is 17.9. The second-order valence-corrected chi connectivity index (χ2v) is 7.15. The van der Waals surface area contributed by atoms with E-state index in [1.54, 1.807) is 16.7 Å². The van der Waals surface area contributed by atoms with Crippen molar-refractivity contribution in [2.24, 2.45) is 5.92 Å². The number of esters is 1. The molecule has 1 saturated heterocycles. The van der Waals surface area contributed by atoms with E-state index in [-0.39, 0.29) is 23.2 Å². The number of hydrogen-bond acceptors (Lipinski definition) is 4. The molecule has 1 aromatic carbocycles. The molecule has 23 heavy (non-hydrogen) atoms. The molecule has 1 aromatic rings. The van der Waals surface area contributed by atoms with Crippen molar-refractivity contribution in [1.82, 2.24) is 4.90 Å². The number of rotatable bonds is 6. The van der Waals surface area contributed by atoms with Crippen LogP contribution < -0.4 is 0 Å². The van der Waals surface area contributed by atoms with Crippen molar-refractivity contribution >= 4 is 23.6 Å². The number of hydrogen-bond donors (Lipinski definition) is 0. The van der Waals surface area contributed by atoms with E-state index < -0.39 is 6.04 Å². The zero-order valence-electron chi connectivity index (χ0n) is 14.0. The van der Waals surface area contributed by atoms with Gasteiger partial charge in [0.15, 0.2) is 0 Å². The van der Waals surface area contributed by atoms with Crippen molar-refractivity contribution in [2.45, 2.75) is 45.0 Å². The van der Waals surface area contributed by atoms with Gasteiger partial charge in [-0.15, -0.1) is 11.8 Å². The summed E-state index contributed by atoms with van der Waals surface area (Å²) in [5.41, 5.74) is 1.05. The lowest BCUT2D eigenvalue weighted by molar-refractivity contribution is -0.155. The fraction of sp³-hybridized carbons (Fsp3) is 0.556. The summed E-state index contributed by atoms with van der Waals surface area (Å²) in [5.74, 6) is 0.161. The molecule has 2 rings (SSSR count). The fourth-order valence-corrected chi connectivity index (χ4v) is 3.97. The highest BCUT2D eigenvalue weighted by Crippen LogP contribution is 2.42. The van der Waals surface area contributed by atoms with Crippen LogP contribution >= 0.6 is 11.8 Å². The molecule has 0 bridgehead atoms. The second-order valence-electron chi connectivity index (χ2n) is 6.03. The van der Waals surface area contributed by atoms with E-state index >= 15 is 0 Å². The van der Waals surface area contributed by atoms with Crippen molar-refractivity contribution in [2.75, 3.05) is 12.4 Å². The number of thioether (sulfide) groups is 1. The molecule has 0 N–H and O–H groups in total. The topological polar surface area (TPSA) is 46.6 Å². The van der Waals surface area contributed by atoms with E-state index in [1.165, 1.54) is 0 Å². The number of ether oxygens (including phenoxy) is 1. The third kappa shape index (κ3) is 4.28. The molecule has 0 unspecified atom stereocenters. The van der Waals surface area contributed by atoms with E-state index in [2.05, 4.69) is 6.92 Å². The maximum atomic E-state index is 12.7. The molecule has 2 atom stereocenters. The lowest BCUT2D eigenvalue weighted by Gasteiger charge is -2.30. The van der Waals surface area contributed by atoms with Gasteiger partial charge in [-0.3, -0.25) is 4.79 Å². The Bertz CT molecular complexity index is 532.